The number of esters is 1. The van der Waals surface area contributed by atoms with E-state index in [0.717, 1.165) is 18.4 Å². The van der Waals surface area contributed by atoms with Crippen LogP contribution in [0, 0.1) is 0 Å². The summed E-state index contributed by atoms with van der Waals surface area (Å²) in [5.74, 6) is 0.279. The topological polar surface area (TPSA) is 26.3 Å². The smallest absolute Gasteiger partial charge is 0.343 e. The Morgan fingerprint density at radius 1 is 0.559 bits per heavy atom. The Morgan fingerprint density at radius 2 is 1.00 bits per heavy atom. The highest BCUT2D eigenvalue weighted by Crippen LogP contribution is 2.22. The van der Waals surface area contributed by atoms with Crippen molar-refractivity contribution in [2.45, 2.75) is 84.5 Å². The maximum atomic E-state index is 12.6. The summed E-state index contributed by atoms with van der Waals surface area (Å²) in [5.41, 5.74) is 5.53. The molecule has 0 spiro atoms. The highest BCUT2D eigenvalue weighted by atomic mass is 16.5. The van der Waals surface area contributed by atoms with Crippen LogP contribution in [0.3, 0.4) is 0 Å². The molecule has 0 heterocycles. The molecule has 0 bridgehead atoms. The van der Waals surface area contributed by atoms with Gasteiger partial charge in [0.25, 0.3) is 0 Å². The van der Waals surface area contributed by atoms with Crippen LogP contribution in [-0.4, -0.2) is 5.97 Å². The standard InChI is InChI=1S/C32H40O2/c1-3-5-7-8-9-11-13-27-16-24-31(25-17-27)34-32(33)30-22-20-29(21-23-30)28-18-14-26(15-19-28)12-10-6-4-2/h14-25H,3-13H2,1-2H3. The van der Waals surface area contributed by atoms with Gasteiger partial charge in [0.1, 0.15) is 5.75 Å². The predicted octanol–water partition coefficient (Wildman–Crippen LogP) is 9.21. The molecule has 3 rings (SSSR count). The second kappa shape index (κ2) is 14.4. The fourth-order valence-corrected chi connectivity index (χ4v) is 4.24. The Hall–Kier alpha value is -2.87. The number of benzene rings is 3. The van der Waals surface area contributed by atoms with Gasteiger partial charge in [-0.15, -0.1) is 0 Å². The van der Waals surface area contributed by atoms with Gasteiger partial charge in [-0.3, -0.25) is 0 Å². The first-order valence-electron chi connectivity index (χ1n) is 13.2. The number of aryl methyl sites for hydroxylation is 2. The third kappa shape index (κ3) is 8.48. The van der Waals surface area contributed by atoms with Crippen LogP contribution in [0.4, 0.5) is 0 Å². The minimum absolute atomic E-state index is 0.318. The molecular weight excluding hydrogens is 416 g/mol. The summed E-state index contributed by atoms with van der Waals surface area (Å²) in [6.07, 6.45) is 13.8. The number of carbonyl (C=O) groups is 1. The highest BCUT2D eigenvalue weighted by molar-refractivity contribution is 5.91. The van der Waals surface area contributed by atoms with Crippen molar-refractivity contribution in [1.82, 2.24) is 0 Å². The van der Waals surface area contributed by atoms with Crippen molar-refractivity contribution in [3.63, 3.8) is 0 Å². The molecule has 0 aliphatic rings. The van der Waals surface area contributed by atoms with Gasteiger partial charge in [-0.2, -0.15) is 0 Å². The van der Waals surface area contributed by atoms with E-state index >= 15 is 0 Å². The normalized spacial score (nSPS) is 10.9. The Balaban J connectivity index is 1.48. The fourth-order valence-electron chi connectivity index (χ4n) is 4.24. The fraction of sp³-hybridized carbons (Fsp3) is 0.406. The van der Waals surface area contributed by atoms with Crippen LogP contribution >= 0.6 is 0 Å². The molecule has 180 valence electrons. The molecule has 0 N–H and O–H groups in total. The molecule has 3 aromatic carbocycles. The van der Waals surface area contributed by atoms with Crippen molar-refractivity contribution < 1.29 is 9.53 Å². The average Bonchev–Trinajstić information content (AvgIpc) is 2.88. The monoisotopic (exact) mass is 456 g/mol. The van der Waals surface area contributed by atoms with Crippen LogP contribution in [-0.2, 0) is 12.8 Å². The van der Waals surface area contributed by atoms with Crippen LogP contribution in [0.5, 0.6) is 5.75 Å². The summed E-state index contributed by atoms with van der Waals surface area (Å²) < 4.78 is 5.59. The van der Waals surface area contributed by atoms with Gasteiger partial charge in [-0.25, -0.2) is 4.79 Å². The molecule has 0 fully saturated rings. The summed E-state index contributed by atoms with van der Waals surface area (Å²) in [6, 6.07) is 24.4. The van der Waals surface area contributed by atoms with Gasteiger partial charge in [0, 0.05) is 0 Å². The van der Waals surface area contributed by atoms with E-state index in [0.29, 0.717) is 11.3 Å². The first-order chi connectivity index (χ1) is 16.7. The van der Waals surface area contributed by atoms with Crippen LogP contribution in [0.25, 0.3) is 11.1 Å². The van der Waals surface area contributed by atoms with E-state index in [1.54, 1.807) is 0 Å². The molecule has 0 aliphatic carbocycles. The highest BCUT2D eigenvalue weighted by Gasteiger charge is 2.09. The number of rotatable bonds is 14. The van der Waals surface area contributed by atoms with Crippen molar-refractivity contribution in [3.05, 3.63) is 89.5 Å². The lowest BCUT2D eigenvalue weighted by Gasteiger charge is -2.08. The van der Waals surface area contributed by atoms with Gasteiger partial charge in [0.15, 0.2) is 0 Å². The number of carbonyl (C=O) groups excluding carboxylic acids is 1. The second-order valence-corrected chi connectivity index (χ2v) is 9.28. The van der Waals surface area contributed by atoms with Crippen LogP contribution in [0.2, 0.25) is 0 Å². The summed E-state index contributed by atoms with van der Waals surface area (Å²) in [5, 5.41) is 0. The molecule has 0 atom stereocenters. The largest absolute Gasteiger partial charge is 0.423 e. The molecule has 0 saturated carbocycles. The summed E-state index contributed by atoms with van der Waals surface area (Å²) >= 11 is 0. The van der Waals surface area contributed by atoms with Crippen molar-refractivity contribution in [2.75, 3.05) is 0 Å². The Morgan fingerprint density at radius 3 is 1.59 bits per heavy atom. The van der Waals surface area contributed by atoms with E-state index in [-0.39, 0.29) is 5.97 Å². The Bertz CT molecular complexity index is 969. The van der Waals surface area contributed by atoms with E-state index in [9.17, 15) is 4.79 Å². The van der Waals surface area contributed by atoms with Crippen LogP contribution in [0.15, 0.2) is 72.8 Å². The Kier molecular flexibility index (Phi) is 10.9. The number of unbranched alkanes of at least 4 members (excludes halogenated alkanes) is 7. The van der Waals surface area contributed by atoms with E-state index < -0.39 is 0 Å². The van der Waals surface area contributed by atoms with Gasteiger partial charge in [0.2, 0.25) is 0 Å². The molecule has 0 aliphatic heterocycles. The lowest BCUT2D eigenvalue weighted by atomic mass is 10.0. The lowest BCUT2D eigenvalue weighted by molar-refractivity contribution is 0.0734. The van der Waals surface area contributed by atoms with E-state index in [4.69, 9.17) is 4.74 Å². The lowest BCUT2D eigenvalue weighted by Crippen LogP contribution is -2.08. The van der Waals surface area contributed by atoms with Gasteiger partial charge < -0.3 is 4.74 Å². The molecule has 0 radical (unpaired) electrons. The molecule has 34 heavy (non-hydrogen) atoms. The van der Waals surface area contributed by atoms with E-state index in [1.165, 1.54) is 74.5 Å². The van der Waals surface area contributed by atoms with E-state index in [1.807, 2.05) is 36.4 Å². The van der Waals surface area contributed by atoms with Crippen LogP contribution in [0.1, 0.15) is 93.1 Å². The van der Waals surface area contributed by atoms with Crippen molar-refractivity contribution in [1.29, 1.82) is 0 Å². The number of hydrogen-bond acceptors (Lipinski definition) is 2. The summed E-state index contributed by atoms with van der Waals surface area (Å²) in [7, 11) is 0. The van der Waals surface area contributed by atoms with Crippen LogP contribution < -0.4 is 4.74 Å². The Labute approximate surface area is 206 Å². The molecule has 3 aromatic rings. The van der Waals surface area contributed by atoms with Gasteiger partial charge >= 0.3 is 5.97 Å². The molecule has 2 nitrogen and oxygen atoms in total. The molecule has 0 saturated heterocycles. The molecule has 2 heteroatoms. The zero-order valence-corrected chi connectivity index (χ0v) is 21.0. The van der Waals surface area contributed by atoms with Crippen molar-refractivity contribution in [3.8, 4) is 16.9 Å². The third-order valence-corrected chi connectivity index (χ3v) is 6.43. The second-order valence-electron chi connectivity index (χ2n) is 9.28. The summed E-state index contributed by atoms with van der Waals surface area (Å²) in [4.78, 5) is 12.6. The zero-order valence-electron chi connectivity index (χ0n) is 21.0. The third-order valence-electron chi connectivity index (χ3n) is 6.43. The summed E-state index contributed by atoms with van der Waals surface area (Å²) in [6.45, 7) is 4.48. The zero-order chi connectivity index (χ0) is 24.0. The predicted molar refractivity (Wildman–Crippen MR) is 144 cm³/mol. The minimum Gasteiger partial charge on any atom is -0.423 e. The van der Waals surface area contributed by atoms with Gasteiger partial charge in [-0.1, -0.05) is 107 Å². The quantitative estimate of drug-likeness (QED) is 0.137. The molecule has 0 aromatic heterocycles. The van der Waals surface area contributed by atoms with Crippen molar-refractivity contribution in [2.24, 2.45) is 0 Å². The van der Waals surface area contributed by atoms with Gasteiger partial charge in [-0.05, 0) is 72.2 Å². The maximum absolute atomic E-state index is 12.6. The first-order valence-corrected chi connectivity index (χ1v) is 13.2. The SMILES string of the molecule is CCCCCCCCc1ccc(OC(=O)c2ccc(-c3ccc(CCCCC)cc3)cc2)cc1. The average molecular weight is 457 g/mol. The minimum atomic E-state index is -0.318. The van der Waals surface area contributed by atoms with E-state index in [2.05, 4.69) is 50.2 Å². The number of ether oxygens (including phenoxy) is 1. The van der Waals surface area contributed by atoms with Crippen molar-refractivity contribution >= 4 is 5.97 Å². The molecule has 0 unspecified atom stereocenters. The molecule has 0 amide bonds. The van der Waals surface area contributed by atoms with Gasteiger partial charge in [0.05, 0.1) is 5.56 Å². The maximum Gasteiger partial charge on any atom is 0.343 e. The number of hydrogen-bond donors (Lipinski definition) is 0. The first kappa shape index (κ1) is 25.7. The molecular formula is C32H40O2.